The normalized spacial score (nSPS) is 11.5. The minimum atomic E-state index is -4.96. The highest BCUT2D eigenvalue weighted by Crippen LogP contribution is 2.26. The second kappa shape index (κ2) is 7.51. The number of amides is 1. The molecule has 0 aliphatic heterocycles. The molecule has 0 atom stereocenters. The number of nitrogens with zero attached hydrogens (tertiary/aromatic N) is 2. The third-order valence-corrected chi connectivity index (χ3v) is 4.22. The summed E-state index contributed by atoms with van der Waals surface area (Å²) in [6.07, 6.45) is -4.96. The van der Waals surface area contributed by atoms with Crippen LogP contribution in [0.1, 0.15) is 11.1 Å². The Kier molecular flexibility index (Phi) is 5.28. The lowest BCUT2D eigenvalue weighted by molar-refractivity contribution is -0.173. The van der Waals surface area contributed by atoms with Gasteiger partial charge < -0.3 is 5.32 Å². The second-order valence-electron chi connectivity index (χ2n) is 6.02. The van der Waals surface area contributed by atoms with Gasteiger partial charge in [0.2, 0.25) is 0 Å². The standard InChI is InChI=1S/C18H14ClF3N4O2/c1-10-2-5-12(6-3-10)26-17(28)24-15(25-26)13-8-11(4-7-14(13)19)9-23-16(27)18(20,21)22/h2-8H,9H2,1H3,(H,23,27)(H,24,25,28). The van der Waals surface area contributed by atoms with Crippen molar-refractivity contribution < 1.29 is 18.0 Å². The number of halogens is 4. The van der Waals surface area contributed by atoms with Crippen molar-refractivity contribution in [1.29, 1.82) is 0 Å². The van der Waals surface area contributed by atoms with Crippen molar-refractivity contribution in [2.75, 3.05) is 0 Å². The molecule has 1 aromatic heterocycles. The summed E-state index contributed by atoms with van der Waals surface area (Å²) in [5.41, 5.74) is 1.75. The Labute approximate surface area is 162 Å². The Morgan fingerprint density at radius 1 is 1.21 bits per heavy atom. The lowest BCUT2D eigenvalue weighted by atomic mass is 10.1. The van der Waals surface area contributed by atoms with Gasteiger partial charge in [0.25, 0.3) is 0 Å². The van der Waals surface area contributed by atoms with E-state index in [2.05, 4.69) is 10.1 Å². The summed E-state index contributed by atoms with van der Waals surface area (Å²) in [4.78, 5) is 25.8. The number of aromatic nitrogens is 3. The molecule has 146 valence electrons. The largest absolute Gasteiger partial charge is 0.471 e. The Hall–Kier alpha value is -3.07. The molecule has 0 aliphatic carbocycles. The molecule has 0 bridgehead atoms. The van der Waals surface area contributed by atoms with Crippen molar-refractivity contribution in [1.82, 2.24) is 20.1 Å². The van der Waals surface area contributed by atoms with Crippen LogP contribution in [0.3, 0.4) is 0 Å². The number of alkyl halides is 3. The Balaban J connectivity index is 1.90. The van der Waals surface area contributed by atoms with Gasteiger partial charge in [-0.05, 0) is 36.8 Å². The van der Waals surface area contributed by atoms with E-state index in [1.807, 2.05) is 19.1 Å². The van der Waals surface area contributed by atoms with Crippen LogP contribution in [0.15, 0.2) is 47.3 Å². The average molecular weight is 411 g/mol. The van der Waals surface area contributed by atoms with Gasteiger partial charge >= 0.3 is 17.8 Å². The highest BCUT2D eigenvalue weighted by atomic mass is 35.5. The lowest BCUT2D eigenvalue weighted by Crippen LogP contribution is -2.36. The van der Waals surface area contributed by atoms with Crippen LogP contribution in [0.5, 0.6) is 0 Å². The predicted molar refractivity (Wildman–Crippen MR) is 97.3 cm³/mol. The molecule has 0 radical (unpaired) electrons. The summed E-state index contributed by atoms with van der Waals surface area (Å²) in [5, 5.41) is 6.24. The molecule has 2 aromatic carbocycles. The van der Waals surface area contributed by atoms with Gasteiger partial charge in [0, 0.05) is 12.1 Å². The molecule has 10 heteroatoms. The number of carbonyl (C=O) groups is 1. The zero-order valence-corrected chi connectivity index (χ0v) is 15.2. The van der Waals surface area contributed by atoms with E-state index >= 15 is 0 Å². The molecule has 1 heterocycles. The molecule has 0 spiro atoms. The summed E-state index contributed by atoms with van der Waals surface area (Å²) < 4.78 is 38.1. The van der Waals surface area contributed by atoms with Crippen LogP contribution in [0, 0.1) is 6.92 Å². The molecular weight excluding hydrogens is 397 g/mol. The summed E-state index contributed by atoms with van der Waals surface area (Å²) >= 11 is 6.16. The van der Waals surface area contributed by atoms with Gasteiger partial charge in [0.15, 0.2) is 5.82 Å². The van der Waals surface area contributed by atoms with Crippen LogP contribution in [0.25, 0.3) is 17.1 Å². The minimum Gasteiger partial charge on any atom is -0.344 e. The maximum atomic E-state index is 12.3. The molecule has 6 nitrogen and oxygen atoms in total. The number of carbonyl (C=O) groups excluding carboxylic acids is 1. The molecule has 3 rings (SSSR count). The predicted octanol–water partition coefficient (Wildman–Crippen LogP) is 3.37. The van der Waals surface area contributed by atoms with Crippen molar-refractivity contribution in [2.45, 2.75) is 19.6 Å². The van der Waals surface area contributed by atoms with Crippen molar-refractivity contribution in [3.63, 3.8) is 0 Å². The van der Waals surface area contributed by atoms with E-state index in [0.717, 1.165) is 10.2 Å². The number of rotatable bonds is 4. The molecule has 0 saturated carbocycles. The number of nitrogens with one attached hydrogen (secondary N) is 2. The zero-order chi connectivity index (χ0) is 20.5. The first kappa shape index (κ1) is 19.7. The summed E-state index contributed by atoms with van der Waals surface area (Å²) in [7, 11) is 0. The molecule has 1 amide bonds. The molecule has 0 fully saturated rings. The van der Waals surface area contributed by atoms with Gasteiger partial charge in [0.1, 0.15) is 0 Å². The minimum absolute atomic E-state index is 0.152. The van der Waals surface area contributed by atoms with Gasteiger partial charge in [-0.25, -0.2) is 4.79 Å². The quantitative estimate of drug-likeness (QED) is 0.692. The summed E-state index contributed by atoms with van der Waals surface area (Å²) in [6.45, 7) is 1.55. The van der Waals surface area contributed by atoms with Crippen LogP contribution in [-0.4, -0.2) is 26.8 Å². The molecule has 2 N–H and O–H groups in total. The number of aromatic amines is 1. The first-order valence-electron chi connectivity index (χ1n) is 8.05. The third kappa shape index (κ3) is 4.25. The second-order valence-corrected chi connectivity index (χ2v) is 6.43. The van der Waals surface area contributed by atoms with E-state index in [4.69, 9.17) is 11.6 Å². The van der Waals surface area contributed by atoms with Crippen molar-refractivity contribution in [3.8, 4) is 17.1 Å². The van der Waals surface area contributed by atoms with Crippen molar-refractivity contribution in [3.05, 3.63) is 69.1 Å². The Morgan fingerprint density at radius 3 is 2.54 bits per heavy atom. The van der Waals surface area contributed by atoms with Crippen molar-refractivity contribution >= 4 is 17.5 Å². The van der Waals surface area contributed by atoms with E-state index in [9.17, 15) is 22.8 Å². The molecule has 3 aromatic rings. The summed E-state index contributed by atoms with van der Waals surface area (Å²) in [6, 6.07) is 11.5. The lowest BCUT2D eigenvalue weighted by Gasteiger charge is -2.09. The smallest absolute Gasteiger partial charge is 0.344 e. The number of aryl methyl sites for hydroxylation is 1. The topological polar surface area (TPSA) is 79.8 Å². The number of hydrogen-bond acceptors (Lipinski definition) is 3. The van der Waals surface area contributed by atoms with E-state index in [1.165, 1.54) is 18.2 Å². The number of benzene rings is 2. The zero-order valence-electron chi connectivity index (χ0n) is 14.5. The maximum Gasteiger partial charge on any atom is 0.471 e. The van der Waals surface area contributed by atoms with Crippen LogP contribution in [0.2, 0.25) is 5.02 Å². The molecule has 0 saturated heterocycles. The SMILES string of the molecule is Cc1ccc(-n2nc(-c3cc(CNC(=O)C(F)(F)F)ccc3Cl)[nH]c2=O)cc1. The monoisotopic (exact) mass is 410 g/mol. The first-order chi connectivity index (χ1) is 13.1. The van der Waals surface area contributed by atoms with Gasteiger partial charge in [0.05, 0.1) is 10.7 Å². The third-order valence-electron chi connectivity index (χ3n) is 3.89. The molecule has 0 aliphatic rings. The fraction of sp³-hybridized carbons (Fsp3) is 0.167. The van der Waals surface area contributed by atoms with Crippen molar-refractivity contribution in [2.24, 2.45) is 0 Å². The van der Waals surface area contributed by atoms with E-state index in [0.29, 0.717) is 16.8 Å². The highest BCUT2D eigenvalue weighted by Gasteiger charge is 2.38. The summed E-state index contributed by atoms with van der Waals surface area (Å²) in [5.74, 6) is -1.89. The van der Waals surface area contributed by atoms with E-state index < -0.39 is 17.8 Å². The number of H-pyrrole nitrogens is 1. The van der Waals surface area contributed by atoms with Crippen LogP contribution in [-0.2, 0) is 11.3 Å². The fourth-order valence-corrected chi connectivity index (χ4v) is 2.66. The molecule has 0 unspecified atom stereocenters. The Morgan fingerprint density at radius 2 is 1.89 bits per heavy atom. The van der Waals surface area contributed by atoms with E-state index in [1.54, 1.807) is 17.4 Å². The van der Waals surface area contributed by atoms with E-state index in [-0.39, 0.29) is 17.4 Å². The highest BCUT2D eigenvalue weighted by molar-refractivity contribution is 6.33. The van der Waals surface area contributed by atoms with Crippen LogP contribution < -0.4 is 11.0 Å². The first-order valence-corrected chi connectivity index (χ1v) is 8.43. The van der Waals surface area contributed by atoms with Crippen LogP contribution in [0.4, 0.5) is 13.2 Å². The molecular formula is C18H14ClF3N4O2. The van der Waals surface area contributed by atoms with Gasteiger partial charge in [-0.2, -0.15) is 17.9 Å². The fourth-order valence-electron chi connectivity index (χ4n) is 2.45. The average Bonchev–Trinajstić information content (AvgIpc) is 3.02. The number of hydrogen-bond donors (Lipinski definition) is 2. The van der Waals surface area contributed by atoms with Gasteiger partial charge in [-0.1, -0.05) is 35.4 Å². The van der Waals surface area contributed by atoms with Gasteiger partial charge in [-0.3, -0.25) is 9.78 Å². The van der Waals surface area contributed by atoms with Gasteiger partial charge in [-0.15, -0.1) is 5.10 Å². The molecule has 28 heavy (non-hydrogen) atoms. The van der Waals surface area contributed by atoms with Crippen LogP contribution >= 0.6 is 11.6 Å². The Bertz CT molecular complexity index is 1070. The maximum absolute atomic E-state index is 12.3.